The van der Waals surface area contributed by atoms with Crippen molar-refractivity contribution in [3.63, 3.8) is 0 Å². The van der Waals surface area contributed by atoms with Gasteiger partial charge in [-0.05, 0) is 30.2 Å². The molecule has 170 valence electrons. The summed E-state index contributed by atoms with van der Waals surface area (Å²) >= 11 is 0. The summed E-state index contributed by atoms with van der Waals surface area (Å²) < 4.78 is 105. The molecule has 0 unspecified atom stereocenters. The Kier molecular flexibility index (Phi) is 6.68. The number of nitrogens with zero attached hydrogens (tertiary/aromatic N) is 2. The number of rotatable bonds is 5. The van der Waals surface area contributed by atoms with Gasteiger partial charge in [0, 0.05) is 32.7 Å². The van der Waals surface area contributed by atoms with E-state index < -0.39 is 38.4 Å². The maximum atomic E-state index is 13.1. The molecule has 1 aliphatic rings. The van der Waals surface area contributed by atoms with Crippen LogP contribution in [0.4, 0.5) is 26.3 Å². The number of halogens is 6. The predicted molar refractivity (Wildman–Crippen MR) is 102 cm³/mol. The van der Waals surface area contributed by atoms with E-state index in [1.165, 1.54) is 0 Å². The largest absolute Gasteiger partial charge is 0.416 e. The monoisotopic (exact) mass is 466 g/mol. The van der Waals surface area contributed by atoms with Gasteiger partial charge in [-0.25, -0.2) is 8.42 Å². The molecule has 0 saturated carbocycles. The lowest BCUT2D eigenvalue weighted by Gasteiger charge is -2.34. The molecule has 0 aromatic heterocycles. The third kappa shape index (κ3) is 5.78. The molecule has 0 spiro atoms. The first kappa shape index (κ1) is 23.6. The normalized spacial score (nSPS) is 17.1. The molecule has 0 bridgehead atoms. The Balaban J connectivity index is 1.75. The molecular weight excluding hydrogens is 446 g/mol. The fraction of sp³-hybridized carbons (Fsp3) is 0.400. The van der Waals surface area contributed by atoms with E-state index in [0.717, 1.165) is 16.3 Å². The second-order valence-corrected chi connectivity index (χ2v) is 9.16. The number of sulfonamides is 1. The summed E-state index contributed by atoms with van der Waals surface area (Å²) in [7, 11) is -4.51. The molecule has 1 heterocycles. The van der Waals surface area contributed by atoms with Gasteiger partial charge in [0.05, 0.1) is 16.0 Å². The van der Waals surface area contributed by atoms with Crippen LogP contribution < -0.4 is 0 Å². The zero-order valence-electron chi connectivity index (χ0n) is 16.2. The zero-order chi connectivity index (χ0) is 22.9. The summed E-state index contributed by atoms with van der Waals surface area (Å²) in [6.45, 7) is 1.29. The van der Waals surface area contributed by atoms with E-state index in [9.17, 15) is 34.8 Å². The number of hydrogen-bond donors (Lipinski definition) is 0. The van der Waals surface area contributed by atoms with E-state index in [4.69, 9.17) is 0 Å². The molecule has 3 rings (SSSR count). The molecule has 4 nitrogen and oxygen atoms in total. The molecule has 11 heteroatoms. The van der Waals surface area contributed by atoms with Crippen LogP contribution in [0.3, 0.4) is 0 Å². The second kappa shape index (κ2) is 8.79. The van der Waals surface area contributed by atoms with Crippen LogP contribution in [-0.2, 0) is 28.8 Å². The van der Waals surface area contributed by atoms with Crippen molar-refractivity contribution in [1.29, 1.82) is 0 Å². The van der Waals surface area contributed by atoms with Crippen LogP contribution in [0.15, 0.2) is 53.4 Å². The van der Waals surface area contributed by atoms with E-state index >= 15 is 0 Å². The summed E-state index contributed by atoms with van der Waals surface area (Å²) in [5.74, 6) is 0. The van der Waals surface area contributed by atoms with Gasteiger partial charge in [0.25, 0.3) is 0 Å². The fourth-order valence-electron chi connectivity index (χ4n) is 3.35. The fourth-order valence-corrected chi connectivity index (χ4v) is 4.84. The molecule has 1 fully saturated rings. The van der Waals surface area contributed by atoms with Crippen LogP contribution >= 0.6 is 0 Å². The Morgan fingerprint density at radius 1 is 0.774 bits per heavy atom. The van der Waals surface area contributed by atoms with Crippen LogP contribution in [0.5, 0.6) is 0 Å². The Bertz CT molecular complexity index is 966. The van der Waals surface area contributed by atoms with Crippen LogP contribution in [-0.4, -0.2) is 50.3 Å². The lowest BCUT2D eigenvalue weighted by atomic mass is 10.1. The molecule has 0 N–H and O–H groups in total. The molecule has 31 heavy (non-hydrogen) atoms. The van der Waals surface area contributed by atoms with Crippen molar-refractivity contribution in [2.24, 2.45) is 0 Å². The predicted octanol–water partition coefficient (Wildman–Crippen LogP) is 4.27. The topological polar surface area (TPSA) is 40.6 Å². The van der Waals surface area contributed by atoms with Crippen molar-refractivity contribution in [3.05, 3.63) is 65.2 Å². The Hall–Kier alpha value is -2.11. The van der Waals surface area contributed by atoms with Gasteiger partial charge in [0.2, 0.25) is 10.0 Å². The molecule has 0 radical (unpaired) electrons. The van der Waals surface area contributed by atoms with Crippen molar-refractivity contribution in [2.45, 2.75) is 23.7 Å². The van der Waals surface area contributed by atoms with Gasteiger partial charge < -0.3 is 4.90 Å². The molecule has 1 saturated heterocycles. The minimum Gasteiger partial charge on any atom is -0.300 e. The smallest absolute Gasteiger partial charge is 0.300 e. The molecule has 2 aromatic rings. The Morgan fingerprint density at radius 2 is 1.29 bits per heavy atom. The van der Waals surface area contributed by atoms with E-state index in [2.05, 4.69) is 0 Å². The van der Waals surface area contributed by atoms with Crippen molar-refractivity contribution in [3.8, 4) is 0 Å². The lowest BCUT2D eigenvalue weighted by molar-refractivity contribution is -0.143. The van der Waals surface area contributed by atoms with E-state index in [1.54, 1.807) is 0 Å². The van der Waals surface area contributed by atoms with Gasteiger partial charge in [0.1, 0.15) is 0 Å². The molecule has 1 aliphatic heterocycles. The van der Waals surface area contributed by atoms with Gasteiger partial charge in [-0.15, -0.1) is 0 Å². The lowest BCUT2D eigenvalue weighted by Crippen LogP contribution is -2.49. The van der Waals surface area contributed by atoms with E-state index in [0.29, 0.717) is 19.6 Å². The maximum Gasteiger partial charge on any atom is 0.416 e. The molecule has 2 aromatic carbocycles. The SMILES string of the molecule is O=S(=O)(c1cc(C(F)(F)F)cc(C(F)(F)F)c1)N1CCN(CCc2ccccc2)CC1. The maximum absolute atomic E-state index is 13.1. The quantitative estimate of drug-likeness (QED) is 0.618. The van der Waals surface area contributed by atoms with Crippen molar-refractivity contribution in [1.82, 2.24) is 9.21 Å². The Morgan fingerprint density at radius 3 is 1.77 bits per heavy atom. The van der Waals surface area contributed by atoms with Crippen LogP contribution in [0, 0.1) is 0 Å². The number of piperazine rings is 1. The summed E-state index contributed by atoms with van der Waals surface area (Å²) in [6, 6.07) is 10.1. The van der Waals surface area contributed by atoms with Gasteiger partial charge in [-0.3, -0.25) is 0 Å². The van der Waals surface area contributed by atoms with Crippen molar-refractivity contribution in [2.75, 3.05) is 32.7 Å². The average molecular weight is 466 g/mol. The first-order valence-corrected chi connectivity index (χ1v) is 10.9. The number of hydrogen-bond acceptors (Lipinski definition) is 3. The van der Waals surface area contributed by atoms with Gasteiger partial charge in [-0.1, -0.05) is 30.3 Å². The van der Waals surface area contributed by atoms with Crippen molar-refractivity contribution >= 4 is 10.0 Å². The summed E-state index contributed by atoms with van der Waals surface area (Å²) in [5.41, 5.74) is -2.19. The van der Waals surface area contributed by atoms with Gasteiger partial charge in [-0.2, -0.15) is 30.6 Å². The molecule has 0 atom stereocenters. The third-order valence-electron chi connectivity index (χ3n) is 5.09. The molecule has 0 aliphatic carbocycles. The molecular formula is C20H20F6N2O2S. The zero-order valence-corrected chi connectivity index (χ0v) is 17.1. The number of alkyl halides is 6. The molecule has 0 amide bonds. The highest BCUT2D eigenvalue weighted by Gasteiger charge is 2.39. The van der Waals surface area contributed by atoms with Crippen LogP contribution in [0.25, 0.3) is 0 Å². The summed E-state index contributed by atoms with van der Waals surface area (Å²) in [5, 5.41) is 0. The first-order chi connectivity index (χ1) is 14.4. The minimum atomic E-state index is -5.11. The summed E-state index contributed by atoms with van der Waals surface area (Å²) in [4.78, 5) is 0.999. The second-order valence-electron chi connectivity index (χ2n) is 7.22. The summed E-state index contributed by atoms with van der Waals surface area (Å²) in [6.07, 6.45) is -9.47. The van der Waals surface area contributed by atoms with E-state index in [1.807, 2.05) is 35.2 Å². The average Bonchev–Trinajstić information content (AvgIpc) is 2.72. The highest BCUT2D eigenvalue weighted by molar-refractivity contribution is 7.89. The van der Waals surface area contributed by atoms with Crippen molar-refractivity contribution < 1.29 is 34.8 Å². The minimum absolute atomic E-state index is 0.0191. The highest BCUT2D eigenvalue weighted by Crippen LogP contribution is 2.37. The van der Waals surface area contributed by atoms with Crippen LogP contribution in [0.1, 0.15) is 16.7 Å². The number of benzene rings is 2. The third-order valence-corrected chi connectivity index (χ3v) is 6.97. The van der Waals surface area contributed by atoms with Gasteiger partial charge >= 0.3 is 12.4 Å². The van der Waals surface area contributed by atoms with E-state index in [-0.39, 0.29) is 31.3 Å². The highest BCUT2D eigenvalue weighted by atomic mass is 32.2. The Labute approximate surface area is 176 Å². The van der Waals surface area contributed by atoms with Crippen LogP contribution in [0.2, 0.25) is 0 Å². The first-order valence-electron chi connectivity index (χ1n) is 9.43. The van der Waals surface area contributed by atoms with Gasteiger partial charge in [0.15, 0.2) is 0 Å². The standard InChI is InChI=1S/C20H20F6N2O2S/c21-19(22,23)16-12-17(20(24,25)26)14-18(13-16)31(29,30)28-10-8-27(9-11-28)7-6-15-4-2-1-3-5-15/h1-5,12-14H,6-11H2.